The minimum absolute atomic E-state index is 0. The van der Waals surface area contributed by atoms with Crippen molar-refractivity contribution in [3.63, 3.8) is 0 Å². The Bertz CT molecular complexity index is 4210. The summed E-state index contributed by atoms with van der Waals surface area (Å²) in [5, 5.41) is 19.8. The van der Waals surface area contributed by atoms with Crippen LogP contribution in [0.5, 0.6) is 0 Å². The third kappa shape index (κ3) is 10.7. The average molecular weight is 1210 g/mol. The van der Waals surface area contributed by atoms with E-state index in [0.717, 1.165) is 45.0 Å². The first-order chi connectivity index (χ1) is 39.7. The second-order valence-corrected chi connectivity index (χ2v) is 19.4. The summed E-state index contributed by atoms with van der Waals surface area (Å²) in [5.74, 6) is 0. The van der Waals surface area contributed by atoms with Crippen molar-refractivity contribution in [2.45, 2.75) is 0 Å². The van der Waals surface area contributed by atoms with Gasteiger partial charge in [0.25, 0.3) is 0 Å². The van der Waals surface area contributed by atoms with Crippen LogP contribution < -0.4 is 0 Å². The van der Waals surface area contributed by atoms with Crippen molar-refractivity contribution in [3.8, 4) is 45.0 Å². The molecule has 0 atom stereocenters. The van der Waals surface area contributed by atoms with Crippen molar-refractivity contribution in [1.29, 1.82) is 0 Å². The zero-order valence-electron chi connectivity index (χ0n) is 43.9. The van der Waals surface area contributed by atoms with E-state index in [4.69, 9.17) is 0 Å². The van der Waals surface area contributed by atoms with E-state index in [-0.39, 0.29) is 20.1 Å². The standard InChI is InChI=1S/C19H13N.3C19H12N.Ir/c4*1-2-7-15(8-3-1)19-18-11-10-14-6-4-5-9-16(14)17(18)12-13-20-19;/h1-13H;3*1-7,9-13H;/q;3*-1;+3. The average Bonchev–Trinajstić information content (AvgIpc) is 3.56. The van der Waals surface area contributed by atoms with E-state index in [1.807, 2.05) is 85.5 Å². The minimum atomic E-state index is 0. The molecule has 5 heteroatoms. The maximum atomic E-state index is 4.58. The van der Waals surface area contributed by atoms with Gasteiger partial charge in [0.2, 0.25) is 0 Å². The number of benzene rings is 12. The van der Waals surface area contributed by atoms with E-state index >= 15 is 0 Å². The third-order valence-corrected chi connectivity index (χ3v) is 14.6. The summed E-state index contributed by atoms with van der Waals surface area (Å²) in [5.41, 5.74) is 8.30. The van der Waals surface area contributed by atoms with Crippen LogP contribution in [-0.4, -0.2) is 19.9 Å². The Balaban J connectivity index is 0.000000107. The number of fused-ring (bicyclic) bond motifs is 12. The summed E-state index contributed by atoms with van der Waals surface area (Å²) in [7, 11) is 0. The molecule has 0 unspecified atom stereocenters. The third-order valence-electron chi connectivity index (χ3n) is 14.6. The van der Waals surface area contributed by atoms with E-state index < -0.39 is 0 Å². The van der Waals surface area contributed by atoms with Gasteiger partial charge in [-0.15, -0.1) is 108 Å². The summed E-state index contributed by atoms with van der Waals surface area (Å²) >= 11 is 0. The van der Waals surface area contributed by atoms with Crippen LogP contribution in [0.15, 0.2) is 298 Å². The van der Waals surface area contributed by atoms with Crippen LogP contribution in [0.4, 0.5) is 0 Å². The van der Waals surface area contributed by atoms with Crippen LogP contribution >= 0.6 is 0 Å². The van der Waals surface area contributed by atoms with Gasteiger partial charge in [-0.25, -0.2) is 0 Å². The molecule has 0 aliphatic rings. The molecule has 4 nitrogen and oxygen atoms in total. The molecule has 16 rings (SSSR count). The molecule has 0 fully saturated rings. The first-order valence-electron chi connectivity index (χ1n) is 26.8. The van der Waals surface area contributed by atoms with Crippen molar-refractivity contribution >= 4 is 86.2 Å². The fraction of sp³-hybridized carbons (Fsp3) is 0. The van der Waals surface area contributed by atoms with E-state index in [1.54, 1.807) is 0 Å². The van der Waals surface area contributed by atoms with Crippen LogP contribution in [0.2, 0.25) is 0 Å². The maximum Gasteiger partial charge on any atom is 3.00 e. The topological polar surface area (TPSA) is 51.6 Å². The Hall–Kier alpha value is -10.0. The fourth-order valence-electron chi connectivity index (χ4n) is 10.8. The van der Waals surface area contributed by atoms with Crippen molar-refractivity contribution in [3.05, 3.63) is 316 Å². The molecule has 16 aromatic rings. The quantitative estimate of drug-likeness (QED) is 0.130. The summed E-state index contributed by atoms with van der Waals surface area (Å²) in [6.45, 7) is 0. The molecule has 0 spiro atoms. The van der Waals surface area contributed by atoms with Crippen molar-refractivity contribution in [1.82, 2.24) is 19.9 Å². The molecule has 382 valence electrons. The van der Waals surface area contributed by atoms with E-state index in [9.17, 15) is 0 Å². The van der Waals surface area contributed by atoms with Gasteiger partial charge in [-0.1, -0.05) is 176 Å². The monoisotopic (exact) mass is 1210 g/mol. The molecule has 4 aromatic heterocycles. The molecular formula is C76H49IrN4. The Kier molecular flexibility index (Phi) is 15.3. The first kappa shape index (κ1) is 51.7. The van der Waals surface area contributed by atoms with E-state index in [2.05, 4.69) is 250 Å². The van der Waals surface area contributed by atoms with Gasteiger partial charge in [0.1, 0.15) is 0 Å². The van der Waals surface area contributed by atoms with Gasteiger partial charge in [0, 0.05) is 35.7 Å². The molecular weight excluding hydrogens is 1160 g/mol. The van der Waals surface area contributed by atoms with Crippen LogP contribution in [0.25, 0.3) is 131 Å². The molecule has 12 aromatic carbocycles. The van der Waals surface area contributed by atoms with Gasteiger partial charge in [0.15, 0.2) is 0 Å². The van der Waals surface area contributed by atoms with Gasteiger partial charge in [-0.2, -0.15) is 0 Å². The van der Waals surface area contributed by atoms with Crippen LogP contribution in [0.1, 0.15) is 0 Å². The summed E-state index contributed by atoms with van der Waals surface area (Å²) in [6, 6.07) is 104. The predicted molar refractivity (Wildman–Crippen MR) is 335 cm³/mol. The fourth-order valence-corrected chi connectivity index (χ4v) is 10.8. The maximum absolute atomic E-state index is 4.58. The second-order valence-electron chi connectivity index (χ2n) is 19.4. The number of rotatable bonds is 4. The zero-order valence-corrected chi connectivity index (χ0v) is 46.3. The predicted octanol–water partition coefficient (Wildman–Crippen LogP) is 19.6. The summed E-state index contributed by atoms with van der Waals surface area (Å²) in [4.78, 5) is 18.2. The molecule has 0 N–H and O–H groups in total. The molecule has 0 aliphatic carbocycles. The smallest absolute Gasteiger partial charge is 0.304 e. The molecule has 81 heavy (non-hydrogen) atoms. The van der Waals surface area contributed by atoms with Crippen LogP contribution in [0.3, 0.4) is 0 Å². The van der Waals surface area contributed by atoms with Crippen LogP contribution in [-0.2, 0) is 20.1 Å². The molecule has 0 amide bonds. The largest absolute Gasteiger partial charge is 3.00 e. The molecule has 4 heterocycles. The van der Waals surface area contributed by atoms with Crippen molar-refractivity contribution in [2.24, 2.45) is 0 Å². The minimum Gasteiger partial charge on any atom is -0.304 e. The molecule has 0 bridgehead atoms. The summed E-state index contributed by atoms with van der Waals surface area (Å²) in [6.07, 6.45) is 7.54. The van der Waals surface area contributed by atoms with Gasteiger partial charge in [0.05, 0.1) is 5.69 Å². The van der Waals surface area contributed by atoms with Gasteiger partial charge in [-0.05, 0) is 122 Å². The van der Waals surface area contributed by atoms with Gasteiger partial charge >= 0.3 is 20.1 Å². The van der Waals surface area contributed by atoms with E-state index in [1.165, 1.54) is 86.2 Å². The van der Waals surface area contributed by atoms with Gasteiger partial charge < -0.3 is 15.0 Å². The zero-order chi connectivity index (χ0) is 53.5. The van der Waals surface area contributed by atoms with Gasteiger partial charge in [-0.3, -0.25) is 4.98 Å². The molecule has 0 radical (unpaired) electrons. The Morgan fingerprint density at radius 3 is 0.778 bits per heavy atom. The molecule has 0 aliphatic heterocycles. The Morgan fingerprint density at radius 1 is 0.198 bits per heavy atom. The molecule has 0 saturated heterocycles. The Labute approximate surface area is 484 Å². The normalized spacial score (nSPS) is 10.9. The number of pyridine rings is 4. The van der Waals surface area contributed by atoms with E-state index in [0.29, 0.717) is 0 Å². The van der Waals surface area contributed by atoms with Crippen molar-refractivity contribution in [2.75, 3.05) is 0 Å². The Morgan fingerprint density at radius 2 is 0.469 bits per heavy atom. The van der Waals surface area contributed by atoms with Crippen molar-refractivity contribution < 1.29 is 20.1 Å². The number of hydrogen-bond acceptors (Lipinski definition) is 4. The first-order valence-corrected chi connectivity index (χ1v) is 26.8. The van der Waals surface area contributed by atoms with Crippen LogP contribution in [0, 0.1) is 18.2 Å². The number of nitrogens with zero attached hydrogens (tertiary/aromatic N) is 4. The number of aromatic nitrogens is 4. The second kappa shape index (κ2) is 23.9. The number of hydrogen-bond donors (Lipinski definition) is 0. The SMILES string of the molecule is [Ir+3].[c-]1ccccc1-c1nccc2c1ccc1ccccc12.[c-]1ccccc1-c1nccc2c1ccc1ccccc12.[c-]1ccccc1-c1nccc2c1ccc1ccccc12.c1ccc(-c2nccc3c2ccc2ccccc23)cc1. The summed E-state index contributed by atoms with van der Waals surface area (Å²) < 4.78 is 0. The molecule has 0 saturated carbocycles.